The zero-order chi connectivity index (χ0) is 20.3. The van der Waals surface area contributed by atoms with Gasteiger partial charge in [-0.2, -0.15) is 5.10 Å². The van der Waals surface area contributed by atoms with Crippen molar-refractivity contribution < 1.29 is 14.7 Å². The van der Waals surface area contributed by atoms with Crippen LogP contribution >= 0.6 is 11.3 Å². The maximum Gasteiger partial charge on any atom is 0.267 e. The summed E-state index contributed by atoms with van der Waals surface area (Å²) in [4.78, 5) is 28.5. The SMILES string of the molecule is CNC(=O)Cn1ccc(Nc2ncc(C(=O)Nc3c(C)ccc(O)c3C)s2)n1. The second kappa shape index (κ2) is 8.09. The minimum atomic E-state index is -0.313. The largest absolute Gasteiger partial charge is 0.508 e. The van der Waals surface area contributed by atoms with E-state index in [-0.39, 0.29) is 24.1 Å². The summed E-state index contributed by atoms with van der Waals surface area (Å²) in [6, 6.07) is 5.05. The lowest BCUT2D eigenvalue weighted by Crippen LogP contribution is -2.23. The van der Waals surface area contributed by atoms with E-state index in [1.807, 2.05) is 6.92 Å². The third-order valence-corrected chi connectivity index (χ3v) is 4.98. The van der Waals surface area contributed by atoms with Gasteiger partial charge in [-0.3, -0.25) is 14.3 Å². The molecule has 0 saturated carbocycles. The fourth-order valence-corrected chi connectivity index (χ4v) is 3.21. The highest BCUT2D eigenvalue weighted by atomic mass is 32.1. The molecule has 0 aliphatic rings. The van der Waals surface area contributed by atoms with Gasteiger partial charge >= 0.3 is 0 Å². The molecule has 9 nitrogen and oxygen atoms in total. The predicted molar refractivity (Wildman–Crippen MR) is 107 cm³/mol. The van der Waals surface area contributed by atoms with Gasteiger partial charge in [0.2, 0.25) is 5.91 Å². The number of anilines is 3. The number of aromatic hydroxyl groups is 1. The second-order valence-corrected chi connectivity index (χ2v) is 7.11. The molecular formula is C18H20N6O3S. The number of phenols is 1. The summed E-state index contributed by atoms with van der Waals surface area (Å²) in [5.41, 5.74) is 2.05. The number of amides is 2. The summed E-state index contributed by atoms with van der Waals surface area (Å²) in [6.07, 6.45) is 3.14. The third-order valence-electron chi connectivity index (χ3n) is 4.07. The maximum absolute atomic E-state index is 12.5. The smallest absolute Gasteiger partial charge is 0.267 e. The molecule has 3 aromatic rings. The van der Waals surface area contributed by atoms with E-state index in [1.165, 1.54) is 22.2 Å². The van der Waals surface area contributed by atoms with E-state index in [0.29, 0.717) is 27.1 Å². The van der Waals surface area contributed by atoms with Crippen LogP contribution in [0.3, 0.4) is 0 Å². The monoisotopic (exact) mass is 400 g/mol. The first-order valence-electron chi connectivity index (χ1n) is 8.44. The minimum Gasteiger partial charge on any atom is -0.508 e. The van der Waals surface area contributed by atoms with Crippen LogP contribution in [0, 0.1) is 13.8 Å². The third kappa shape index (κ3) is 4.29. The fourth-order valence-electron chi connectivity index (χ4n) is 2.49. The number of hydrogen-bond acceptors (Lipinski definition) is 7. The Morgan fingerprint density at radius 1 is 1.25 bits per heavy atom. The van der Waals surface area contributed by atoms with Crippen LogP contribution in [0.2, 0.25) is 0 Å². The zero-order valence-electron chi connectivity index (χ0n) is 15.6. The summed E-state index contributed by atoms with van der Waals surface area (Å²) in [7, 11) is 1.56. The summed E-state index contributed by atoms with van der Waals surface area (Å²) in [5.74, 6) is 0.178. The average Bonchev–Trinajstić information content (AvgIpc) is 3.31. The molecule has 2 aromatic heterocycles. The van der Waals surface area contributed by atoms with Gasteiger partial charge in [0.1, 0.15) is 17.2 Å². The number of nitrogens with one attached hydrogen (secondary N) is 3. The molecule has 0 saturated heterocycles. The van der Waals surface area contributed by atoms with Crippen LogP contribution in [0.25, 0.3) is 0 Å². The van der Waals surface area contributed by atoms with Crippen LogP contribution in [0.4, 0.5) is 16.6 Å². The number of benzene rings is 1. The first-order chi connectivity index (χ1) is 13.4. The summed E-state index contributed by atoms with van der Waals surface area (Å²) in [6.45, 7) is 3.72. The van der Waals surface area contributed by atoms with Crippen LogP contribution in [-0.2, 0) is 11.3 Å². The first kappa shape index (κ1) is 19.4. The Bertz CT molecular complexity index is 1030. The lowest BCUT2D eigenvalue weighted by molar-refractivity contribution is -0.121. The molecule has 1 aromatic carbocycles. The van der Waals surface area contributed by atoms with Gasteiger partial charge in [-0.15, -0.1) is 0 Å². The second-order valence-electron chi connectivity index (χ2n) is 6.08. The zero-order valence-corrected chi connectivity index (χ0v) is 16.4. The van der Waals surface area contributed by atoms with Crippen molar-refractivity contribution in [1.29, 1.82) is 0 Å². The van der Waals surface area contributed by atoms with Gasteiger partial charge in [0.05, 0.1) is 11.9 Å². The van der Waals surface area contributed by atoms with Crippen molar-refractivity contribution in [3.05, 3.63) is 46.6 Å². The molecule has 0 aliphatic heterocycles. The van der Waals surface area contributed by atoms with Crippen LogP contribution in [0.5, 0.6) is 5.75 Å². The van der Waals surface area contributed by atoms with Crippen molar-refractivity contribution in [2.45, 2.75) is 20.4 Å². The number of hydrogen-bond donors (Lipinski definition) is 4. The molecule has 146 valence electrons. The highest BCUT2D eigenvalue weighted by molar-refractivity contribution is 7.17. The number of likely N-dealkylation sites (N-methyl/N-ethyl adjacent to an activating group) is 1. The topological polar surface area (TPSA) is 121 Å². The fraction of sp³-hybridized carbons (Fsp3) is 0.222. The molecule has 0 radical (unpaired) electrons. The number of thiazole rings is 1. The molecular weight excluding hydrogens is 380 g/mol. The number of carbonyl (C=O) groups excluding carboxylic acids is 2. The van der Waals surface area contributed by atoms with E-state index >= 15 is 0 Å². The van der Waals surface area contributed by atoms with E-state index in [2.05, 4.69) is 26.0 Å². The highest BCUT2D eigenvalue weighted by Gasteiger charge is 2.15. The minimum absolute atomic E-state index is 0.117. The van der Waals surface area contributed by atoms with Crippen molar-refractivity contribution in [1.82, 2.24) is 20.1 Å². The average molecular weight is 400 g/mol. The quantitative estimate of drug-likeness (QED) is 0.504. The van der Waals surface area contributed by atoms with E-state index in [9.17, 15) is 14.7 Å². The van der Waals surface area contributed by atoms with Crippen molar-refractivity contribution >= 4 is 39.8 Å². The highest BCUT2D eigenvalue weighted by Crippen LogP contribution is 2.29. The lowest BCUT2D eigenvalue weighted by Gasteiger charge is -2.11. The molecule has 2 heterocycles. The normalized spacial score (nSPS) is 10.5. The van der Waals surface area contributed by atoms with Crippen LogP contribution in [-0.4, -0.2) is 38.7 Å². The van der Waals surface area contributed by atoms with Crippen molar-refractivity contribution in [2.24, 2.45) is 0 Å². The molecule has 0 unspecified atom stereocenters. The molecule has 3 rings (SSSR count). The Kier molecular flexibility index (Phi) is 5.59. The van der Waals surface area contributed by atoms with Crippen molar-refractivity contribution in [2.75, 3.05) is 17.7 Å². The van der Waals surface area contributed by atoms with Crippen LogP contribution in [0.1, 0.15) is 20.8 Å². The first-order valence-corrected chi connectivity index (χ1v) is 9.26. The maximum atomic E-state index is 12.5. The molecule has 0 atom stereocenters. The Morgan fingerprint density at radius 3 is 2.79 bits per heavy atom. The van der Waals surface area contributed by atoms with Gasteiger partial charge in [-0.05, 0) is 25.5 Å². The number of rotatable bonds is 6. The Balaban J connectivity index is 1.68. The number of aryl methyl sites for hydroxylation is 1. The predicted octanol–water partition coefficient (Wildman–Crippen LogP) is 2.40. The number of aromatic nitrogens is 3. The van der Waals surface area contributed by atoms with Gasteiger partial charge in [-0.1, -0.05) is 17.4 Å². The molecule has 0 aliphatic carbocycles. The summed E-state index contributed by atoms with van der Waals surface area (Å²) < 4.78 is 1.50. The lowest BCUT2D eigenvalue weighted by atomic mass is 10.1. The summed E-state index contributed by atoms with van der Waals surface area (Å²) in [5, 5.41) is 22.9. The van der Waals surface area contributed by atoms with E-state index in [0.717, 1.165) is 5.56 Å². The standard InChI is InChI=1S/C18H20N6O3S/c1-10-4-5-12(25)11(2)16(10)22-17(27)13-8-20-18(28-13)21-14-6-7-24(23-14)9-15(26)19-3/h4-8,25H,9H2,1-3H3,(H,19,26)(H,22,27)(H,20,21,23). The molecule has 0 fully saturated rings. The molecule has 0 bridgehead atoms. The van der Waals surface area contributed by atoms with Gasteiger partial charge in [0.15, 0.2) is 10.9 Å². The van der Waals surface area contributed by atoms with Gasteiger partial charge in [0.25, 0.3) is 5.91 Å². The van der Waals surface area contributed by atoms with Gasteiger partial charge in [-0.25, -0.2) is 4.98 Å². The Labute approximate surface area is 165 Å². The summed E-state index contributed by atoms with van der Waals surface area (Å²) >= 11 is 1.17. The van der Waals surface area contributed by atoms with E-state index in [4.69, 9.17) is 0 Å². The molecule has 10 heteroatoms. The Hall–Kier alpha value is -3.40. The molecule has 2 amide bonds. The van der Waals surface area contributed by atoms with Crippen LogP contribution in [0.15, 0.2) is 30.6 Å². The number of phenolic OH excluding ortho intramolecular Hbond substituents is 1. The Morgan fingerprint density at radius 2 is 2.04 bits per heavy atom. The number of nitrogens with zero attached hydrogens (tertiary/aromatic N) is 3. The van der Waals surface area contributed by atoms with Gasteiger partial charge in [0, 0.05) is 24.9 Å². The van der Waals surface area contributed by atoms with E-state index in [1.54, 1.807) is 38.4 Å². The molecule has 0 spiro atoms. The van der Waals surface area contributed by atoms with Gasteiger partial charge < -0.3 is 21.1 Å². The van der Waals surface area contributed by atoms with E-state index < -0.39 is 0 Å². The van der Waals surface area contributed by atoms with Crippen molar-refractivity contribution in [3.63, 3.8) is 0 Å². The van der Waals surface area contributed by atoms with Crippen molar-refractivity contribution in [3.8, 4) is 5.75 Å². The molecule has 4 N–H and O–H groups in total. The van der Waals surface area contributed by atoms with Crippen LogP contribution < -0.4 is 16.0 Å². The molecule has 28 heavy (non-hydrogen) atoms. The number of carbonyl (C=O) groups is 2.